The van der Waals surface area contributed by atoms with Gasteiger partial charge in [-0.15, -0.1) is 0 Å². The first kappa shape index (κ1) is 13.1. The van der Waals surface area contributed by atoms with Crippen LogP contribution in [0.4, 0.5) is 10.2 Å². The minimum Gasteiger partial charge on any atom is -0.362 e. The number of hydrogen-bond donors (Lipinski definition) is 1. The van der Waals surface area contributed by atoms with Crippen LogP contribution in [0.5, 0.6) is 0 Å². The first-order valence-electron chi connectivity index (χ1n) is 6.32. The highest BCUT2D eigenvalue weighted by atomic mass is 19.1. The number of halogens is 1. The Morgan fingerprint density at radius 3 is 2.76 bits per heavy atom. The summed E-state index contributed by atoms with van der Waals surface area (Å²) in [5.41, 5.74) is 1.65. The number of benzene rings is 1. The number of hydrogen-bond acceptors (Lipinski definition) is 4. The van der Waals surface area contributed by atoms with Crippen LogP contribution in [0.15, 0.2) is 30.7 Å². The number of anilines is 1. The van der Waals surface area contributed by atoms with Gasteiger partial charge in [-0.25, -0.2) is 14.4 Å². The van der Waals surface area contributed by atoms with Gasteiger partial charge in [0.25, 0.3) is 0 Å². The lowest BCUT2D eigenvalue weighted by atomic mass is 10.0. The Labute approximate surface area is 120 Å². The second kappa shape index (κ2) is 4.87. The van der Waals surface area contributed by atoms with Crippen LogP contribution in [0.1, 0.15) is 5.56 Å². The summed E-state index contributed by atoms with van der Waals surface area (Å²) in [6.45, 7) is 0. The Morgan fingerprint density at radius 2 is 2.05 bits per heavy atom. The van der Waals surface area contributed by atoms with Crippen LogP contribution in [0, 0.1) is 17.1 Å². The molecule has 0 saturated heterocycles. The van der Waals surface area contributed by atoms with E-state index in [1.165, 1.54) is 12.4 Å². The molecule has 1 N–H and O–H groups in total. The van der Waals surface area contributed by atoms with E-state index < -0.39 is 5.82 Å². The van der Waals surface area contributed by atoms with E-state index >= 15 is 0 Å². The zero-order valence-corrected chi connectivity index (χ0v) is 11.6. The molecule has 0 fully saturated rings. The Balaban J connectivity index is 2.35. The van der Waals surface area contributed by atoms with E-state index in [1.807, 2.05) is 25.1 Å². The molecule has 5 nitrogen and oxygen atoms in total. The quantitative estimate of drug-likeness (QED) is 0.784. The molecule has 0 atom stereocenters. The molecule has 2 aromatic heterocycles. The lowest BCUT2D eigenvalue weighted by Gasteiger charge is -2.13. The predicted octanol–water partition coefficient (Wildman–Crippen LogP) is 2.70. The number of rotatable bonds is 2. The molecule has 0 radical (unpaired) electrons. The normalized spacial score (nSPS) is 10.6. The van der Waals surface area contributed by atoms with Gasteiger partial charge >= 0.3 is 0 Å². The monoisotopic (exact) mass is 281 g/mol. The fraction of sp³-hybridized carbons (Fsp3) is 0.133. The highest BCUT2D eigenvalue weighted by Gasteiger charge is 2.17. The molecule has 6 heteroatoms. The topological polar surface area (TPSA) is 68.6 Å². The molecule has 2 heterocycles. The second-order valence-corrected chi connectivity index (χ2v) is 4.80. The van der Waals surface area contributed by atoms with Crippen molar-refractivity contribution in [2.75, 3.05) is 19.0 Å². The SMILES string of the molecule is CN(C)c1ncnc2[nH]cc(-c3cccc(C#N)c3F)c12. The van der Waals surface area contributed by atoms with Crippen molar-refractivity contribution in [2.24, 2.45) is 0 Å². The maximum absolute atomic E-state index is 14.4. The van der Waals surface area contributed by atoms with E-state index in [0.717, 1.165) is 5.39 Å². The standard InChI is InChI=1S/C15H12FN5/c1-21(2)15-12-11(7-18-14(12)19-8-20-15)10-5-3-4-9(6-17)13(10)16/h3-5,7-8H,1-2H3,(H,18,19,20). The Bertz CT molecular complexity index is 860. The molecule has 0 aliphatic carbocycles. The van der Waals surface area contributed by atoms with Crippen molar-refractivity contribution in [3.05, 3.63) is 42.1 Å². The molecule has 1 aromatic carbocycles. The Morgan fingerprint density at radius 1 is 1.24 bits per heavy atom. The molecule has 104 valence electrons. The van der Waals surface area contributed by atoms with Crippen LogP contribution < -0.4 is 4.90 Å². The number of nitriles is 1. The van der Waals surface area contributed by atoms with Crippen LogP contribution >= 0.6 is 0 Å². The molecule has 0 aliphatic rings. The Hall–Kier alpha value is -2.94. The number of H-pyrrole nitrogens is 1. The molecule has 0 saturated carbocycles. The largest absolute Gasteiger partial charge is 0.362 e. The fourth-order valence-electron chi connectivity index (χ4n) is 2.32. The number of fused-ring (bicyclic) bond motifs is 1. The van der Waals surface area contributed by atoms with Gasteiger partial charge < -0.3 is 9.88 Å². The van der Waals surface area contributed by atoms with Crippen LogP contribution in [-0.2, 0) is 0 Å². The van der Waals surface area contributed by atoms with Crippen molar-refractivity contribution in [2.45, 2.75) is 0 Å². The summed E-state index contributed by atoms with van der Waals surface area (Å²) < 4.78 is 14.4. The van der Waals surface area contributed by atoms with E-state index in [9.17, 15) is 4.39 Å². The number of aromatic nitrogens is 3. The van der Waals surface area contributed by atoms with E-state index in [0.29, 0.717) is 22.6 Å². The number of nitrogens with one attached hydrogen (secondary N) is 1. The second-order valence-electron chi connectivity index (χ2n) is 4.80. The maximum atomic E-state index is 14.4. The van der Waals surface area contributed by atoms with Crippen LogP contribution in [0.3, 0.4) is 0 Å². The molecule has 0 spiro atoms. The smallest absolute Gasteiger partial charge is 0.148 e. The summed E-state index contributed by atoms with van der Waals surface area (Å²) in [4.78, 5) is 13.3. The molecule has 3 rings (SSSR count). The summed E-state index contributed by atoms with van der Waals surface area (Å²) in [7, 11) is 3.72. The predicted molar refractivity (Wildman–Crippen MR) is 78.3 cm³/mol. The van der Waals surface area contributed by atoms with Crippen molar-refractivity contribution in [1.82, 2.24) is 15.0 Å². The van der Waals surface area contributed by atoms with E-state index in [4.69, 9.17) is 5.26 Å². The van der Waals surface area contributed by atoms with Crippen molar-refractivity contribution in [3.8, 4) is 17.2 Å². The molecule has 0 amide bonds. The first-order valence-corrected chi connectivity index (χ1v) is 6.32. The summed E-state index contributed by atoms with van der Waals surface area (Å²) in [5, 5.41) is 9.70. The highest BCUT2D eigenvalue weighted by Crippen LogP contribution is 2.34. The molecular weight excluding hydrogens is 269 g/mol. The number of nitrogens with zero attached hydrogens (tertiary/aromatic N) is 4. The maximum Gasteiger partial charge on any atom is 0.148 e. The van der Waals surface area contributed by atoms with Crippen molar-refractivity contribution in [1.29, 1.82) is 5.26 Å². The van der Waals surface area contributed by atoms with Gasteiger partial charge in [0.05, 0.1) is 10.9 Å². The fourth-order valence-corrected chi connectivity index (χ4v) is 2.32. The van der Waals surface area contributed by atoms with Crippen molar-refractivity contribution in [3.63, 3.8) is 0 Å². The summed E-state index contributed by atoms with van der Waals surface area (Å²) >= 11 is 0. The molecule has 0 bridgehead atoms. The lowest BCUT2D eigenvalue weighted by molar-refractivity contribution is 0.627. The van der Waals surface area contributed by atoms with E-state index in [1.54, 1.807) is 18.3 Å². The van der Waals surface area contributed by atoms with E-state index in [2.05, 4.69) is 15.0 Å². The summed E-state index contributed by atoms with van der Waals surface area (Å²) in [6, 6.07) is 6.62. The molecule has 21 heavy (non-hydrogen) atoms. The van der Waals surface area contributed by atoms with Gasteiger partial charge in [0.1, 0.15) is 29.7 Å². The van der Waals surface area contributed by atoms with Gasteiger partial charge in [0.15, 0.2) is 0 Å². The summed E-state index contributed by atoms with van der Waals surface area (Å²) in [5.74, 6) is 0.160. The van der Waals surface area contributed by atoms with Crippen LogP contribution in [0.2, 0.25) is 0 Å². The zero-order valence-electron chi connectivity index (χ0n) is 11.6. The third kappa shape index (κ3) is 1.99. The molecular formula is C15H12FN5. The lowest BCUT2D eigenvalue weighted by Crippen LogP contribution is -2.11. The number of aromatic amines is 1. The molecule has 3 aromatic rings. The Kier molecular flexibility index (Phi) is 3.03. The van der Waals surface area contributed by atoms with Gasteiger partial charge in [-0.1, -0.05) is 12.1 Å². The highest BCUT2D eigenvalue weighted by molar-refractivity contribution is 6.01. The van der Waals surface area contributed by atoms with Gasteiger partial charge in [-0.05, 0) is 6.07 Å². The zero-order chi connectivity index (χ0) is 15.0. The van der Waals surface area contributed by atoms with Gasteiger partial charge in [0.2, 0.25) is 0 Å². The minimum atomic E-state index is -0.533. The minimum absolute atomic E-state index is 0.0186. The average Bonchev–Trinajstić information content (AvgIpc) is 2.91. The van der Waals surface area contributed by atoms with Crippen LogP contribution in [-0.4, -0.2) is 29.0 Å². The van der Waals surface area contributed by atoms with Crippen molar-refractivity contribution >= 4 is 16.9 Å². The third-order valence-electron chi connectivity index (χ3n) is 3.28. The van der Waals surface area contributed by atoms with E-state index in [-0.39, 0.29) is 5.56 Å². The van der Waals surface area contributed by atoms with Crippen LogP contribution in [0.25, 0.3) is 22.2 Å². The average molecular weight is 281 g/mol. The van der Waals surface area contributed by atoms with Gasteiger partial charge in [0, 0.05) is 31.4 Å². The third-order valence-corrected chi connectivity index (χ3v) is 3.28. The van der Waals surface area contributed by atoms with Gasteiger partial charge in [-0.3, -0.25) is 0 Å². The molecule has 0 unspecified atom stereocenters. The summed E-state index contributed by atoms with van der Waals surface area (Å²) in [6.07, 6.45) is 3.14. The van der Waals surface area contributed by atoms with Crippen molar-refractivity contribution < 1.29 is 4.39 Å². The molecule has 0 aliphatic heterocycles. The van der Waals surface area contributed by atoms with Gasteiger partial charge in [-0.2, -0.15) is 5.26 Å². The first-order chi connectivity index (χ1) is 10.1.